The zero-order valence-corrected chi connectivity index (χ0v) is 14.6. The first-order valence-corrected chi connectivity index (χ1v) is 8.46. The van der Waals surface area contributed by atoms with Gasteiger partial charge in [0.05, 0.1) is 17.3 Å². The van der Waals surface area contributed by atoms with Gasteiger partial charge < -0.3 is 4.90 Å². The summed E-state index contributed by atoms with van der Waals surface area (Å²) in [4.78, 5) is 11.0. The Morgan fingerprint density at radius 1 is 1.08 bits per heavy atom. The van der Waals surface area contributed by atoms with Crippen LogP contribution in [0.25, 0.3) is 16.7 Å². The van der Waals surface area contributed by atoms with Gasteiger partial charge in [-0.3, -0.25) is 0 Å². The van der Waals surface area contributed by atoms with E-state index in [1.807, 2.05) is 6.07 Å². The molecule has 0 saturated heterocycles. The van der Waals surface area contributed by atoms with Crippen molar-refractivity contribution >= 4 is 22.5 Å². The third-order valence-corrected chi connectivity index (χ3v) is 4.30. The molecule has 0 atom stereocenters. The summed E-state index contributed by atoms with van der Waals surface area (Å²) < 4.78 is 14.9. The van der Waals surface area contributed by atoms with Crippen LogP contribution in [-0.2, 0) is 0 Å². The highest BCUT2D eigenvalue weighted by Crippen LogP contribution is 2.30. The molecule has 26 heavy (non-hydrogen) atoms. The number of anilines is 2. The van der Waals surface area contributed by atoms with E-state index in [2.05, 4.69) is 52.0 Å². The molecule has 0 radical (unpaired) electrons. The fourth-order valence-electron chi connectivity index (χ4n) is 3.07. The van der Waals surface area contributed by atoms with E-state index in [0.717, 1.165) is 29.1 Å². The van der Waals surface area contributed by atoms with Gasteiger partial charge in [0.25, 0.3) is 0 Å². The molecule has 0 aliphatic heterocycles. The normalized spacial score (nSPS) is 11.0. The molecule has 0 bridgehead atoms. The maximum Gasteiger partial charge on any atom is 0.168 e. The molecule has 2 heterocycles. The van der Waals surface area contributed by atoms with Crippen molar-refractivity contribution < 1.29 is 4.39 Å². The number of halogens is 1. The van der Waals surface area contributed by atoms with E-state index in [1.54, 1.807) is 23.0 Å². The Hall–Kier alpha value is -3.28. The van der Waals surface area contributed by atoms with Gasteiger partial charge in [-0.05, 0) is 55.8 Å². The minimum Gasteiger partial charge on any atom is -0.326 e. The van der Waals surface area contributed by atoms with Crippen molar-refractivity contribution in [1.29, 1.82) is 0 Å². The number of rotatable bonds is 4. The summed E-state index contributed by atoms with van der Waals surface area (Å²) >= 11 is 0. The lowest BCUT2D eigenvalue weighted by molar-refractivity contribution is 0.627. The Morgan fingerprint density at radius 2 is 1.88 bits per heavy atom. The average molecular weight is 347 g/mol. The predicted molar refractivity (Wildman–Crippen MR) is 100 cm³/mol. The average Bonchev–Trinajstić information content (AvgIpc) is 3.08. The van der Waals surface area contributed by atoms with Gasteiger partial charge in [-0.2, -0.15) is 5.10 Å². The van der Waals surface area contributed by atoms with Crippen LogP contribution in [0.5, 0.6) is 0 Å². The number of aryl methyl sites for hydroxylation is 1. The molecule has 0 amide bonds. The van der Waals surface area contributed by atoms with Crippen LogP contribution in [-0.4, -0.2) is 26.3 Å². The van der Waals surface area contributed by atoms with Gasteiger partial charge >= 0.3 is 0 Å². The SMILES string of the molecule is CCN(c1cccc(C)c1)c1ncnc2c1cnn2-c1ccc(F)cc1. The number of fused-ring (bicyclic) bond motifs is 1. The van der Waals surface area contributed by atoms with E-state index in [-0.39, 0.29) is 5.82 Å². The summed E-state index contributed by atoms with van der Waals surface area (Å²) in [6.45, 7) is 4.91. The van der Waals surface area contributed by atoms with Crippen LogP contribution < -0.4 is 4.90 Å². The first-order chi connectivity index (χ1) is 12.7. The quantitative estimate of drug-likeness (QED) is 0.548. The number of hydrogen-bond acceptors (Lipinski definition) is 4. The van der Waals surface area contributed by atoms with Crippen molar-refractivity contribution in [2.45, 2.75) is 13.8 Å². The fraction of sp³-hybridized carbons (Fsp3) is 0.150. The zero-order valence-electron chi connectivity index (χ0n) is 14.6. The van der Waals surface area contributed by atoms with Crippen LogP contribution in [0, 0.1) is 12.7 Å². The van der Waals surface area contributed by atoms with Gasteiger partial charge in [-0.15, -0.1) is 0 Å². The van der Waals surface area contributed by atoms with Crippen molar-refractivity contribution in [2.24, 2.45) is 0 Å². The van der Waals surface area contributed by atoms with Crippen LogP contribution in [0.3, 0.4) is 0 Å². The molecule has 4 aromatic rings. The summed E-state index contributed by atoms with van der Waals surface area (Å²) in [6, 6.07) is 14.5. The van der Waals surface area contributed by atoms with Gasteiger partial charge in [0.1, 0.15) is 18.0 Å². The monoisotopic (exact) mass is 347 g/mol. The highest BCUT2D eigenvalue weighted by molar-refractivity contribution is 5.90. The van der Waals surface area contributed by atoms with Crippen molar-refractivity contribution in [1.82, 2.24) is 19.7 Å². The highest BCUT2D eigenvalue weighted by atomic mass is 19.1. The highest BCUT2D eigenvalue weighted by Gasteiger charge is 2.17. The molecule has 0 fully saturated rings. The Kier molecular flexibility index (Phi) is 4.08. The number of nitrogens with zero attached hydrogens (tertiary/aromatic N) is 5. The molecule has 0 saturated carbocycles. The largest absolute Gasteiger partial charge is 0.326 e. The van der Waals surface area contributed by atoms with E-state index in [0.29, 0.717) is 5.65 Å². The van der Waals surface area contributed by atoms with Crippen LogP contribution in [0.15, 0.2) is 61.1 Å². The number of benzene rings is 2. The molecule has 0 N–H and O–H groups in total. The first kappa shape index (κ1) is 16.2. The molecule has 2 aromatic heterocycles. The Bertz CT molecular complexity index is 1060. The fourth-order valence-corrected chi connectivity index (χ4v) is 3.07. The molecule has 0 unspecified atom stereocenters. The van der Waals surface area contributed by atoms with E-state index in [1.165, 1.54) is 24.0 Å². The second-order valence-electron chi connectivity index (χ2n) is 6.05. The second kappa shape index (κ2) is 6.55. The Balaban J connectivity index is 1.85. The third kappa shape index (κ3) is 2.79. The molecule has 2 aromatic carbocycles. The third-order valence-electron chi connectivity index (χ3n) is 4.30. The van der Waals surface area contributed by atoms with Crippen LogP contribution in [0.1, 0.15) is 12.5 Å². The lowest BCUT2D eigenvalue weighted by atomic mass is 10.2. The van der Waals surface area contributed by atoms with Crippen molar-refractivity contribution in [2.75, 3.05) is 11.4 Å². The molecular formula is C20H18FN5. The first-order valence-electron chi connectivity index (χ1n) is 8.46. The van der Waals surface area contributed by atoms with Gasteiger partial charge in [-0.25, -0.2) is 19.0 Å². The molecule has 6 heteroatoms. The van der Waals surface area contributed by atoms with Crippen LogP contribution in [0.2, 0.25) is 0 Å². The Labute approximate surface area is 150 Å². The number of aromatic nitrogens is 4. The summed E-state index contributed by atoms with van der Waals surface area (Å²) in [5.74, 6) is 0.522. The minimum atomic E-state index is -0.280. The smallest absolute Gasteiger partial charge is 0.168 e. The Morgan fingerprint density at radius 3 is 2.62 bits per heavy atom. The lowest BCUT2D eigenvalue weighted by Crippen LogP contribution is -2.18. The summed E-state index contributed by atoms with van der Waals surface area (Å²) in [6.07, 6.45) is 3.30. The predicted octanol–water partition coefficient (Wildman–Crippen LogP) is 4.42. The molecule has 0 spiro atoms. The standard InChI is InChI=1S/C20H18FN5/c1-3-25(17-6-4-5-14(2)11-17)19-18-12-24-26(20(18)23-13-22-19)16-9-7-15(21)8-10-16/h4-13H,3H2,1-2H3. The van der Waals surface area contributed by atoms with E-state index in [4.69, 9.17) is 0 Å². The van der Waals surface area contributed by atoms with Crippen LogP contribution >= 0.6 is 0 Å². The lowest BCUT2D eigenvalue weighted by Gasteiger charge is -2.22. The van der Waals surface area contributed by atoms with E-state index >= 15 is 0 Å². The minimum absolute atomic E-state index is 0.280. The van der Waals surface area contributed by atoms with E-state index in [9.17, 15) is 4.39 Å². The van der Waals surface area contributed by atoms with Gasteiger partial charge in [-0.1, -0.05) is 12.1 Å². The molecule has 5 nitrogen and oxygen atoms in total. The molecule has 0 aliphatic rings. The maximum atomic E-state index is 13.2. The van der Waals surface area contributed by atoms with Crippen molar-refractivity contribution in [3.05, 3.63) is 72.4 Å². The maximum absolute atomic E-state index is 13.2. The van der Waals surface area contributed by atoms with Gasteiger partial charge in [0.2, 0.25) is 0 Å². The van der Waals surface area contributed by atoms with Crippen LogP contribution in [0.4, 0.5) is 15.9 Å². The molecular weight excluding hydrogens is 329 g/mol. The van der Waals surface area contributed by atoms with Gasteiger partial charge in [0.15, 0.2) is 5.65 Å². The topological polar surface area (TPSA) is 46.8 Å². The van der Waals surface area contributed by atoms with Crippen molar-refractivity contribution in [3.8, 4) is 5.69 Å². The molecule has 4 rings (SSSR count). The zero-order chi connectivity index (χ0) is 18.1. The van der Waals surface area contributed by atoms with Gasteiger partial charge in [0, 0.05) is 12.2 Å². The van der Waals surface area contributed by atoms with Crippen molar-refractivity contribution in [3.63, 3.8) is 0 Å². The second-order valence-corrected chi connectivity index (χ2v) is 6.05. The summed E-state index contributed by atoms with van der Waals surface area (Å²) in [5, 5.41) is 5.30. The summed E-state index contributed by atoms with van der Waals surface area (Å²) in [5.41, 5.74) is 3.70. The molecule has 130 valence electrons. The summed E-state index contributed by atoms with van der Waals surface area (Å²) in [7, 11) is 0. The molecule has 0 aliphatic carbocycles. The van der Waals surface area contributed by atoms with E-state index < -0.39 is 0 Å². The number of hydrogen-bond donors (Lipinski definition) is 0.